The predicted octanol–water partition coefficient (Wildman–Crippen LogP) is 4.65. The first kappa shape index (κ1) is 30.5. The Bertz CT molecular complexity index is 576. The lowest BCUT2D eigenvalue weighted by Gasteiger charge is -2.44. The molecule has 0 saturated heterocycles. The first-order chi connectivity index (χ1) is 13.5. The molecule has 0 saturated carbocycles. The summed E-state index contributed by atoms with van der Waals surface area (Å²) in [5.41, 5.74) is -0.688. The van der Waals surface area contributed by atoms with E-state index in [4.69, 9.17) is 13.6 Å². The van der Waals surface area contributed by atoms with Gasteiger partial charge in [-0.15, -0.1) is 0 Å². The summed E-state index contributed by atoms with van der Waals surface area (Å²) < 4.78 is 18.4. The molecule has 0 aliphatic heterocycles. The molecule has 1 unspecified atom stereocenters. The lowest BCUT2D eigenvalue weighted by Crippen LogP contribution is -2.59. The zero-order valence-electron chi connectivity index (χ0n) is 22.2. The fourth-order valence-corrected chi connectivity index (χ4v) is 4.61. The van der Waals surface area contributed by atoms with Crippen molar-refractivity contribution in [3.63, 3.8) is 0 Å². The maximum Gasteiger partial charge on any atom is 0.408 e. The number of carbonyl (C=O) groups is 1. The van der Waals surface area contributed by atoms with E-state index in [1.165, 1.54) is 0 Å². The van der Waals surface area contributed by atoms with Gasteiger partial charge in [0.05, 0.1) is 31.5 Å². The minimum absolute atomic E-state index is 0.00178. The van der Waals surface area contributed by atoms with Crippen LogP contribution >= 0.6 is 0 Å². The lowest BCUT2D eigenvalue weighted by atomic mass is 10.1. The number of ether oxygens (including phenoxy) is 1. The van der Waals surface area contributed by atoms with Gasteiger partial charge in [-0.2, -0.15) is 0 Å². The quantitative estimate of drug-likeness (QED) is 0.417. The van der Waals surface area contributed by atoms with E-state index in [0.717, 1.165) is 0 Å². The Morgan fingerprint density at radius 2 is 1.35 bits per heavy atom. The van der Waals surface area contributed by atoms with Crippen molar-refractivity contribution in [2.45, 2.75) is 122 Å². The molecule has 3 N–H and O–H groups in total. The van der Waals surface area contributed by atoms with Crippen LogP contribution in [0.2, 0.25) is 36.3 Å². The average Bonchev–Trinajstić information content (AvgIpc) is 2.52. The van der Waals surface area contributed by atoms with E-state index in [9.17, 15) is 15.0 Å². The molecule has 3 atom stereocenters. The van der Waals surface area contributed by atoms with Gasteiger partial charge in [-0.05, 0) is 57.0 Å². The molecule has 0 aromatic carbocycles. The van der Waals surface area contributed by atoms with Crippen molar-refractivity contribution in [1.29, 1.82) is 0 Å². The third-order valence-electron chi connectivity index (χ3n) is 6.35. The van der Waals surface area contributed by atoms with Crippen molar-refractivity contribution in [3.05, 3.63) is 0 Å². The molecule has 0 fully saturated rings. The van der Waals surface area contributed by atoms with Gasteiger partial charge >= 0.3 is 6.09 Å². The van der Waals surface area contributed by atoms with Gasteiger partial charge in [-0.1, -0.05) is 41.5 Å². The summed E-state index contributed by atoms with van der Waals surface area (Å²) in [7, 11) is -4.39. The zero-order chi connectivity index (χ0) is 25.1. The average molecular weight is 480 g/mol. The van der Waals surface area contributed by atoms with Crippen LogP contribution < -0.4 is 5.32 Å². The standard InChI is InChI=1S/C22H49NO6Si2/c1-20(2,3)28-19(26)23-18(16(25)14-24)17(29-31(12,13)22(7,8)9)15-27-30(10,11)21(4,5)6/h16-18,24-25H,14-15H2,1-13H3,(H,23,26)/t16?,17-,18-/m0/s1. The number of hydrogen-bond donors (Lipinski definition) is 3. The molecule has 0 radical (unpaired) electrons. The van der Waals surface area contributed by atoms with E-state index in [1.807, 2.05) is 0 Å². The Balaban J connectivity index is 5.97. The summed E-state index contributed by atoms with van der Waals surface area (Å²) in [6, 6.07) is -0.876. The fraction of sp³-hybridized carbons (Fsp3) is 0.955. The van der Waals surface area contributed by atoms with E-state index in [0.29, 0.717) is 0 Å². The molecule has 0 spiro atoms. The summed E-state index contributed by atoms with van der Waals surface area (Å²) in [6.45, 7) is 26.4. The van der Waals surface area contributed by atoms with Crippen molar-refractivity contribution in [1.82, 2.24) is 5.32 Å². The smallest absolute Gasteiger partial charge is 0.408 e. The van der Waals surface area contributed by atoms with Gasteiger partial charge in [0.1, 0.15) is 5.60 Å². The van der Waals surface area contributed by atoms with Crippen LogP contribution in [0.15, 0.2) is 0 Å². The Morgan fingerprint density at radius 1 is 0.903 bits per heavy atom. The number of hydrogen-bond acceptors (Lipinski definition) is 6. The van der Waals surface area contributed by atoms with Gasteiger partial charge in [0.25, 0.3) is 0 Å². The van der Waals surface area contributed by atoms with Gasteiger partial charge in [0, 0.05) is 0 Å². The van der Waals surface area contributed by atoms with Crippen LogP contribution in [0.4, 0.5) is 4.79 Å². The van der Waals surface area contributed by atoms with Crippen LogP contribution in [0.25, 0.3) is 0 Å². The third kappa shape index (κ3) is 9.92. The van der Waals surface area contributed by atoms with Gasteiger partial charge in [0.2, 0.25) is 0 Å². The SMILES string of the molecule is CC(C)(C)OC(=O)N[C@@H](C(O)CO)[C@H](CO[Si](C)(C)C(C)(C)C)O[Si](C)(C)C(C)(C)C. The van der Waals surface area contributed by atoms with Crippen molar-refractivity contribution in [3.8, 4) is 0 Å². The minimum Gasteiger partial charge on any atom is -0.444 e. The van der Waals surface area contributed by atoms with E-state index in [2.05, 4.69) is 73.0 Å². The fourth-order valence-electron chi connectivity index (χ4n) is 2.27. The number of amides is 1. The summed E-state index contributed by atoms with van der Waals surface area (Å²) in [6.07, 6.45) is -2.52. The number of carbonyl (C=O) groups excluding carboxylic acids is 1. The first-order valence-corrected chi connectivity index (χ1v) is 17.0. The molecule has 31 heavy (non-hydrogen) atoms. The maximum atomic E-state index is 12.5. The molecule has 0 bridgehead atoms. The van der Waals surface area contributed by atoms with Crippen LogP contribution in [0.5, 0.6) is 0 Å². The highest BCUT2D eigenvalue weighted by molar-refractivity contribution is 6.74. The highest BCUT2D eigenvalue weighted by Gasteiger charge is 2.44. The second-order valence-corrected chi connectivity index (χ2v) is 22.0. The number of alkyl carbamates (subject to hydrolysis) is 1. The highest BCUT2D eigenvalue weighted by Crippen LogP contribution is 2.39. The van der Waals surface area contributed by atoms with E-state index in [-0.39, 0.29) is 16.7 Å². The summed E-state index contributed by atoms with van der Waals surface area (Å²) >= 11 is 0. The number of nitrogens with one attached hydrogen (secondary N) is 1. The van der Waals surface area contributed by atoms with E-state index < -0.39 is 53.2 Å². The van der Waals surface area contributed by atoms with E-state index >= 15 is 0 Å². The van der Waals surface area contributed by atoms with Crippen LogP contribution in [-0.4, -0.2) is 70.0 Å². The van der Waals surface area contributed by atoms with Gasteiger partial charge < -0.3 is 29.1 Å². The molecule has 9 heteroatoms. The maximum absolute atomic E-state index is 12.5. The Morgan fingerprint density at radius 3 is 1.71 bits per heavy atom. The molecular formula is C22H49NO6Si2. The summed E-state index contributed by atoms with van der Waals surface area (Å²) in [5, 5.41) is 22.9. The van der Waals surface area contributed by atoms with Gasteiger partial charge in [0.15, 0.2) is 16.6 Å². The molecule has 0 aromatic rings. The van der Waals surface area contributed by atoms with Gasteiger partial charge in [-0.3, -0.25) is 0 Å². The third-order valence-corrected chi connectivity index (χ3v) is 15.4. The molecular weight excluding hydrogens is 430 g/mol. The van der Waals surface area contributed by atoms with Crippen molar-refractivity contribution >= 4 is 22.7 Å². The minimum atomic E-state index is -2.28. The highest BCUT2D eigenvalue weighted by atomic mass is 28.4. The molecule has 0 rings (SSSR count). The molecule has 1 amide bonds. The van der Waals surface area contributed by atoms with E-state index in [1.54, 1.807) is 20.8 Å². The largest absolute Gasteiger partial charge is 0.444 e. The second kappa shape index (κ2) is 10.6. The number of aliphatic hydroxyl groups is 2. The monoisotopic (exact) mass is 479 g/mol. The van der Waals surface area contributed by atoms with Crippen molar-refractivity contribution in [2.75, 3.05) is 13.2 Å². The molecule has 7 nitrogen and oxygen atoms in total. The van der Waals surface area contributed by atoms with Crippen LogP contribution in [0.3, 0.4) is 0 Å². The Hall–Kier alpha value is -0.456. The number of rotatable bonds is 9. The normalized spacial score (nSPS) is 17.1. The van der Waals surface area contributed by atoms with Crippen LogP contribution in [0, 0.1) is 0 Å². The van der Waals surface area contributed by atoms with Crippen LogP contribution in [-0.2, 0) is 13.6 Å². The lowest BCUT2D eigenvalue weighted by molar-refractivity contribution is -0.0142. The molecule has 0 aliphatic carbocycles. The molecule has 0 heterocycles. The zero-order valence-corrected chi connectivity index (χ0v) is 24.2. The molecule has 0 aliphatic rings. The number of aliphatic hydroxyl groups excluding tert-OH is 2. The summed E-state index contributed by atoms with van der Waals surface area (Å²) in [4.78, 5) is 12.5. The molecule has 0 aromatic heterocycles. The topological polar surface area (TPSA) is 97.3 Å². The van der Waals surface area contributed by atoms with Crippen LogP contribution in [0.1, 0.15) is 62.3 Å². The van der Waals surface area contributed by atoms with Crippen molar-refractivity contribution in [2.24, 2.45) is 0 Å². The predicted molar refractivity (Wildman–Crippen MR) is 131 cm³/mol. The van der Waals surface area contributed by atoms with Crippen molar-refractivity contribution < 1.29 is 28.6 Å². The van der Waals surface area contributed by atoms with Gasteiger partial charge in [-0.25, -0.2) is 4.79 Å². The Labute approximate surface area is 192 Å². The second-order valence-electron chi connectivity index (χ2n) is 12.4. The summed E-state index contributed by atoms with van der Waals surface area (Å²) in [5.74, 6) is 0. The Kier molecular flexibility index (Phi) is 10.5. The molecule has 186 valence electrons. The first-order valence-electron chi connectivity index (χ1n) is 11.1.